The molecule has 1 aliphatic heterocycles. The lowest BCUT2D eigenvalue weighted by Crippen LogP contribution is -2.56. The lowest BCUT2D eigenvalue weighted by atomic mass is 10.1. The minimum absolute atomic E-state index is 0.533. The van der Waals surface area contributed by atoms with Crippen molar-refractivity contribution in [3.05, 3.63) is 12.7 Å². The van der Waals surface area contributed by atoms with Crippen LogP contribution in [0, 0.1) is 0 Å². The van der Waals surface area contributed by atoms with Crippen molar-refractivity contribution in [3.63, 3.8) is 0 Å². The second kappa shape index (κ2) is 4.94. The minimum atomic E-state index is 0.533. The molecule has 14 heavy (non-hydrogen) atoms. The highest BCUT2D eigenvalue weighted by molar-refractivity contribution is 4.95. The molecule has 0 bridgehead atoms. The summed E-state index contributed by atoms with van der Waals surface area (Å²) in [5.41, 5.74) is 0. The third-order valence-corrected chi connectivity index (χ3v) is 3.16. The molecule has 0 N–H and O–H groups in total. The molecule has 0 saturated carbocycles. The van der Waals surface area contributed by atoms with Gasteiger partial charge in [0.15, 0.2) is 0 Å². The van der Waals surface area contributed by atoms with Gasteiger partial charge in [0.25, 0.3) is 0 Å². The number of nitrogens with zero attached hydrogens (tertiary/aromatic N) is 2. The van der Waals surface area contributed by atoms with E-state index in [2.05, 4.69) is 50.1 Å². The normalized spacial score (nSPS) is 26.0. The predicted octanol–water partition coefficient (Wildman–Crippen LogP) is 1.98. The maximum absolute atomic E-state index is 3.94. The van der Waals surface area contributed by atoms with Crippen molar-refractivity contribution in [1.29, 1.82) is 0 Å². The summed E-state index contributed by atoms with van der Waals surface area (Å²) in [6.45, 7) is 16.5. The van der Waals surface area contributed by atoms with Gasteiger partial charge in [0.05, 0.1) is 0 Å². The van der Waals surface area contributed by atoms with Crippen molar-refractivity contribution >= 4 is 0 Å². The highest BCUT2D eigenvalue weighted by Crippen LogP contribution is 2.15. The lowest BCUT2D eigenvalue weighted by Gasteiger charge is -2.43. The number of hydrogen-bond donors (Lipinski definition) is 0. The molecule has 0 aliphatic carbocycles. The van der Waals surface area contributed by atoms with Crippen LogP contribution in [0.5, 0.6) is 0 Å². The molecule has 0 aromatic rings. The van der Waals surface area contributed by atoms with E-state index in [0.29, 0.717) is 18.1 Å². The topological polar surface area (TPSA) is 6.48 Å². The van der Waals surface area contributed by atoms with Crippen molar-refractivity contribution in [3.8, 4) is 0 Å². The lowest BCUT2D eigenvalue weighted by molar-refractivity contribution is 0.0571. The van der Waals surface area contributed by atoms with Crippen LogP contribution < -0.4 is 0 Å². The van der Waals surface area contributed by atoms with Gasteiger partial charge >= 0.3 is 0 Å². The van der Waals surface area contributed by atoms with Gasteiger partial charge in [-0.2, -0.15) is 0 Å². The summed E-state index contributed by atoms with van der Waals surface area (Å²) in [5.74, 6) is 0. The van der Waals surface area contributed by atoms with E-state index in [0.717, 1.165) is 6.54 Å². The quantitative estimate of drug-likeness (QED) is 0.637. The third-order valence-electron chi connectivity index (χ3n) is 3.16. The molecule has 1 aliphatic rings. The smallest absolute Gasteiger partial charge is 0.0406 e. The Kier molecular flexibility index (Phi) is 4.14. The first kappa shape index (κ1) is 11.7. The Balaban J connectivity index is 2.59. The fourth-order valence-electron chi connectivity index (χ4n) is 2.17. The molecule has 0 spiro atoms. The molecule has 1 atom stereocenters. The summed E-state index contributed by atoms with van der Waals surface area (Å²) in [5, 5.41) is 0. The van der Waals surface area contributed by atoms with Gasteiger partial charge < -0.3 is 0 Å². The van der Waals surface area contributed by atoms with E-state index in [9.17, 15) is 0 Å². The number of rotatable bonds is 3. The molecular weight excluding hydrogens is 172 g/mol. The monoisotopic (exact) mass is 196 g/mol. The largest absolute Gasteiger partial charge is 0.298 e. The van der Waals surface area contributed by atoms with E-state index in [1.54, 1.807) is 0 Å². The van der Waals surface area contributed by atoms with Gasteiger partial charge in [-0.3, -0.25) is 9.80 Å². The van der Waals surface area contributed by atoms with Gasteiger partial charge in [-0.15, -0.1) is 6.58 Å². The van der Waals surface area contributed by atoms with E-state index >= 15 is 0 Å². The highest BCUT2D eigenvalue weighted by Gasteiger charge is 2.27. The van der Waals surface area contributed by atoms with Crippen LogP contribution in [0.3, 0.4) is 0 Å². The van der Waals surface area contributed by atoms with Crippen molar-refractivity contribution in [2.75, 3.05) is 19.6 Å². The van der Waals surface area contributed by atoms with Crippen LogP contribution in [0.25, 0.3) is 0 Å². The fourth-order valence-corrected chi connectivity index (χ4v) is 2.17. The standard InChI is InChI=1S/C12H24N2/c1-6-12-9-13(10(2)3)7-8-14(12)11(4)5/h6,10-12H,1,7-9H2,2-5H3/t12-/m0/s1. The summed E-state index contributed by atoms with van der Waals surface area (Å²) in [6, 6.07) is 1.82. The third kappa shape index (κ3) is 2.58. The zero-order valence-electron chi connectivity index (χ0n) is 10.0. The van der Waals surface area contributed by atoms with Crippen LogP contribution >= 0.6 is 0 Å². The first-order chi connectivity index (χ1) is 6.56. The van der Waals surface area contributed by atoms with E-state index in [-0.39, 0.29) is 0 Å². The minimum Gasteiger partial charge on any atom is -0.298 e. The Morgan fingerprint density at radius 2 is 1.79 bits per heavy atom. The van der Waals surface area contributed by atoms with Crippen LogP contribution in [-0.4, -0.2) is 47.6 Å². The van der Waals surface area contributed by atoms with Gasteiger partial charge in [-0.1, -0.05) is 6.08 Å². The van der Waals surface area contributed by atoms with Crippen molar-refractivity contribution in [2.24, 2.45) is 0 Å². The molecule has 82 valence electrons. The van der Waals surface area contributed by atoms with Crippen molar-refractivity contribution in [2.45, 2.75) is 45.8 Å². The highest BCUT2D eigenvalue weighted by atomic mass is 15.3. The van der Waals surface area contributed by atoms with Crippen molar-refractivity contribution < 1.29 is 0 Å². The molecule has 0 amide bonds. The number of piperazine rings is 1. The Labute approximate surface area is 88.6 Å². The maximum atomic E-state index is 3.94. The average molecular weight is 196 g/mol. The zero-order chi connectivity index (χ0) is 10.7. The van der Waals surface area contributed by atoms with Gasteiger partial charge in [0, 0.05) is 37.8 Å². The van der Waals surface area contributed by atoms with Gasteiger partial charge in [0.1, 0.15) is 0 Å². The summed E-state index contributed by atoms with van der Waals surface area (Å²) in [6.07, 6.45) is 2.09. The van der Waals surface area contributed by atoms with E-state index < -0.39 is 0 Å². The molecule has 0 radical (unpaired) electrons. The fraction of sp³-hybridized carbons (Fsp3) is 0.833. The van der Waals surface area contributed by atoms with Gasteiger partial charge in [0.2, 0.25) is 0 Å². The summed E-state index contributed by atoms with van der Waals surface area (Å²) in [7, 11) is 0. The summed E-state index contributed by atoms with van der Waals surface area (Å²) >= 11 is 0. The van der Waals surface area contributed by atoms with Crippen molar-refractivity contribution in [1.82, 2.24) is 9.80 Å². The molecule has 1 saturated heterocycles. The molecule has 0 aromatic carbocycles. The van der Waals surface area contributed by atoms with Crippen LogP contribution in [0.15, 0.2) is 12.7 Å². The first-order valence-electron chi connectivity index (χ1n) is 5.68. The Morgan fingerprint density at radius 3 is 2.21 bits per heavy atom. The molecular formula is C12H24N2. The molecule has 2 nitrogen and oxygen atoms in total. The van der Waals surface area contributed by atoms with Crippen LogP contribution in [0.1, 0.15) is 27.7 Å². The molecule has 1 fully saturated rings. The molecule has 1 heterocycles. The average Bonchev–Trinajstić information content (AvgIpc) is 2.16. The Morgan fingerprint density at radius 1 is 1.14 bits per heavy atom. The van der Waals surface area contributed by atoms with E-state index in [1.807, 2.05) is 0 Å². The number of hydrogen-bond acceptors (Lipinski definition) is 2. The molecule has 2 heteroatoms. The molecule has 0 unspecified atom stereocenters. The second-order valence-electron chi connectivity index (χ2n) is 4.72. The first-order valence-corrected chi connectivity index (χ1v) is 5.68. The predicted molar refractivity (Wildman–Crippen MR) is 62.5 cm³/mol. The maximum Gasteiger partial charge on any atom is 0.0406 e. The summed E-state index contributed by atoms with van der Waals surface area (Å²) < 4.78 is 0. The Hall–Kier alpha value is -0.340. The zero-order valence-corrected chi connectivity index (χ0v) is 10.0. The Bertz CT molecular complexity index is 187. The van der Waals surface area contributed by atoms with Gasteiger partial charge in [-0.25, -0.2) is 0 Å². The summed E-state index contributed by atoms with van der Waals surface area (Å²) in [4.78, 5) is 5.07. The van der Waals surface area contributed by atoms with Crippen LogP contribution in [-0.2, 0) is 0 Å². The molecule has 0 aromatic heterocycles. The van der Waals surface area contributed by atoms with E-state index in [4.69, 9.17) is 0 Å². The van der Waals surface area contributed by atoms with Crippen LogP contribution in [0.2, 0.25) is 0 Å². The molecule has 1 rings (SSSR count). The van der Waals surface area contributed by atoms with Gasteiger partial charge in [-0.05, 0) is 27.7 Å². The van der Waals surface area contributed by atoms with Crippen LogP contribution in [0.4, 0.5) is 0 Å². The second-order valence-corrected chi connectivity index (χ2v) is 4.72. The van der Waals surface area contributed by atoms with E-state index in [1.165, 1.54) is 13.1 Å². The SMILES string of the molecule is C=C[C@H]1CN(C(C)C)CCN1C(C)C.